The van der Waals surface area contributed by atoms with Crippen LogP contribution in [0.15, 0.2) is 0 Å². The van der Waals surface area contributed by atoms with E-state index in [0.29, 0.717) is 5.75 Å². The minimum atomic E-state index is -2.67. The largest absolute Gasteiger partial charge is 0.300 e. The molecule has 0 aliphatic rings. The Labute approximate surface area is 99.1 Å². The fourth-order valence-electron chi connectivity index (χ4n) is 0.371. The van der Waals surface area contributed by atoms with Crippen molar-refractivity contribution in [2.45, 2.75) is 27.2 Å². The Morgan fingerprint density at radius 1 is 0.938 bits per heavy atom. The molecule has 0 amide bonds. The molecule has 0 aromatic rings. The van der Waals surface area contributed by atoms with Crippen molar-refractivity contribution < 1.29 is 21.6 Å². The van der Waals surface area contributed by atoms with Gasteiger partial charge in [-0.3, -0.25) is 0 Å². The van der Waals surface area contributed by atoms with Crippen molar-refractivity contribution in [3.63, 3.8) is 0 Å². The van der Waals surface area contributed by atoms with Gasteiger partial charge in [-0.25, -0.2) is 16.8 Å². The Morgan fingerprint density at radius 2 is 1.12 bits per heavy atom. The number of rotatable bonds is 2. The van der Waals surface area contributed by atoms with E-state index in [-0.39, 0.29) is 5.78 Å². The summed E-state index contributed by atoms with van der Waals surface area (Å²) in [6.45, 7) is 4.90. The molecular weight excluding hydrogens is 252 g/mol. The van der Waals surface area contributed by atoms with E-state index in [1.54, 1.807) is 0 Å². The molecule has 0 saturated heterocycles. The summed E-state index contributed by atoms with van der Waals surface area (Å²) in [5.41, 5.74) is 0. The van der Waals surface area contributed by atoms with E-state index in [4.69, 9.17) is 0 Å². The highest BCUT2D eigenvalue weighted by molar-refractivity contribution is 7.90. The number of carbonyl (C=O) groups excluding carboxylic acids is 1. The molecule has 16 heavy (non-hydrogen) atoms. The molecule has 0 bridgehead atoms. The topological polar surface area (TPSA) is 85.3 Å². The molecule has 0 heterocycles. The molecular formula is C9H22O5S2. The third kappa shape index (κ3) is 168. The molecule has 5 nitrogen and oxygen atoms in total. The zero-order valence-corrected chi connectivity index (χ0v) is 12.4. The molecule has 0 fully saturated rings. The van der Waals surface area contributed by atoms with Crippen molar-refractivity contribution in [3.05, 3.63) is 0 Å². The third-order valence-corrected chi connectivity index (χ3v) is 1.72. The fraction of sp³-hybridized carbons (Fsp3) is 0.889. The van der Waals surface area contributed by atoms with Crippen molar-refractivity contribution >= 4 is 25.5 Å². The van der Waals surface area contributed by atoms with Crippen LogP contribution in [0, 0.1) is 0 Å². The molecule has 100 valence electrons. The first-order chi connectivity index (χ1) is 6.79. The first-order valence-electron chi connectivity index (χ1n) is 4.59. The van der Waals surface area contributed by atoms with Gasteiger partial charge < -0.3 is 4.79 Å². The predicted molar refractivity (Wildman–Crippen MR) is 67.1 cm³/mol. The molecule has 0 aromatic heterocycles. The van der Waals surface area contributed by atoms with Crippen LogP contribution in [0.5, 0.6) is 0 Å². The second-order valence-corrected chi connectivity index (χ2v) is 8.23. The summed E-state index contributed by atoms with van der Waals surface area (Å²) in [6, 6.07) is 0. The highest BCUT2D eigenvalue weighted by Gasteiger charge is 1.95. The van der Waals surface area contributed by atoms with Crippen LogP contribution < -0.4 is 0 Å². The number of ketones is 1. The van der Waals surface area contributed by atoms with E-state index < -0.39 is 19.7 Å². The second-order valence-electron chi connectivity index (χ2n) is 3.68. The Morgan fingerprint density at radius 3 is 1.12 bits per heavy atom. The van der Waals surface area contributed by atoms with Crippen LogP contribution in [0.3, 0.4) is 0 Å². The predicted octanol–water partition coefficient (Wildman–Crippen LogP) is 0.697. The lowest BCUT2D eigenvalue weighted by Crippen LogP contribution is -2.00. The Balaban J connectivity index is -0.000000166. The lowest BCUT2D eigenvalue weighted by Gasteiger charge is -1.87. The van der Waals surface area contributed by atoms with E-state index in [1.165, 1.54) is 20.1 Å². The number of hydrogen-bond acceptors (Lipinski definition) is 5. The van der Waals surface area contributed by atoms with Crippen molar-refractivity contribution in [2.24, 2.45) is 0 Å². The molecule has 0 spiro atoms. The first-order valence-corrected chi connectivity index (χ1v) is 8.95. The van der Waals surface area contributed by atoms with E-state index in [9.17, 15) is 21.6 Å². The Hall–Kier alpha value is -0.430. The van der Waals surface area contributed by atoms with Gasteiger partial charge >= 0.3 is 0 Å². The van der Waals surface area contributed by atoms with Gasteiger partial charge in [0.2, 0.25) is 0 Å². The lowest BCUT2D eigenvalue weighted by molar-refractivity contribution is -0.114. The average Bonchev–Trinajstić information content (AvgIpc) is 1.76. The fourth-order valence-corrected chi connectivity index (χ4v) is 1.11. The summed E-state index contributed by atoms with van der Waals surface area (Å²) in [7, 11) is -5.34. The van der Waals surface area contributed by atoms with Gasteiger partial charge in [-0.1, -0.05) is 6.92 Å². The quantitative estimate of drug-likeness (QED) is 0.740. The normalized spacial score (nSPS) is 10.4. The van der Waals surface area contributed by atoms with Gasteiger partial charge in [0.15, 0.2) is 0 Å². The third-order valence-electron chi connectivity index (χ3n) is 0.575. The van der Waals surface area contributed by atoms with E-state index in [2.05, 4.69) is 0 Å². The summed E-state index contributed by atoms with van der Waals surface area (Å²) in [5, 5.41) is 0. The zero-order valence-electron chi connectivity index (χ0n) is 10.8. The van der Waals surface area contributed by atoms with Gasteiger partial charge in [-0.15, -0.1) is 0 Å². The molecule has 0 radical (unpaired) electrons. The molecule has 0 rings (SSSR count). The van der Waals surface area contributed by atoms with Gasteiger partial charge in [0.05, 0.1) is 0 Å². The van der Waals surface area contributed by atoms with Crippen molar-refractivity contribution in [1.29, 1.82) is 0 Å². The van der Waals surface area contributed by atoms with Gasteiger partial charge in [-0.05, 0) is 20.3 Å². The summed E-state index contributed by atoms with van der Waals surface area (Å²) < 4.78 is 39.7. The van der Waals surface area contributed by atoms with E-state index in [1.807, 2.05) is 6.92 Å². The smallest absolute Gasteiger partial charge is 0.147 e. The molecule has 0 saturated carbocycles. The summed E-state index contributed by atoms with van der Waals surface area (Å²) in [6.07, 6.45) is 4.29. The van der Waals surface area contributed by atoms with Crippen LogP contribution in [0.25, 0.3) is 0 Å². The summed E-state index contributed by atoms with van der Waals surface area (Å²) >= 11 is 0. The van der Waals surface area contributed by atoms with Gasteiger partial charge in [0.25, 0.3) is 0 Å². The zero-order chi connectivity index (χ0) is 14.0. The van der Waals surface area contributed by atoms with Gasteiger partial charge in [-0.2, -0.15) is 0 Å². The Bertz CT molecular complexity index is 353. The standard InChI is InChI=1S/C4H10O2S.C3H6O.C2H6O2S/c1-3-4-7(2,5)6;1-3(2)4;1-5(2,3)4/h3-4H2,1-2H3;1-2H3;1-2H3. The first kappa shape index (κ1) is 20.9. The number of sulfone groups is 2. The van der Waals surface area contributed by atoms with Crippen molar-refractivity contribution in [2.75, 3.05) is 24.5 Å². The van der Waals surface area contributed by atoms with Crippen LogP contribution in [0.1, 0.15) is 27.2 Å². The molecule has 0 N–H and O–H groups in total. The molecule has 0 atom stereocenters. The van der Waals surface area contributed by atoms with Crippen LogP contribution in [0.2, 0.25) is 0 Å². The maximum atomic E-state index is 10.2. The lowest BCUT2D eigenvalue weighted by atomic mass is 10.6. The van der Waals surface area contributed by atoms with Crippen molar-refractivity contribution in [1.82, 2.24) is 0 Å². The van der Waals surface area contributed by atoms with Gasteiger partial charge in [0, 0.05) is 24.5 Å². The average molecular weight is 274 g/mol. The van der Waals surface area contributed by atoms with Crippen LogP contribution >= 0.6 is 0 Å². The monoisotopic (exact) mass is 274 g/mol. The summed E-state index contributed by atoms with van der Waals surface area (Å²) in [4.78, 5) is 9.44. The minimum absolute atomic E-state index is 0.167. The number of Topliss-reactive ketones (excluding diaryl/α,β-unsaturated/α-hetero) is 1. The SMILES string of the molecule is CC(C)=O.CCCS(C)(=O)=O.CS(C)(=O)=O. The van der Waals surface area contributed by atoms with E-state index >= 15 is 0 Å². The minimum Gasteiger partial charge on any atom is -0.300 e. The Kier molecular flexibility index (Phi) is 12.8. The highest BCUT2D eigenvalue weighted by atomic mass is 32.2. The number of hydrogen-bond donors (Lipinski definition) is 0. The number of carbonyl (C=O) groups is 1. The summed E-state index contributed by atoms with van der Waals surface area (Å²) in [5.74, 6) is 0.479. The molecule has 0 aliphatic carbocycles. The molecule has 7 heteroatoms. The van der Waals surface area contributed by atoms with E-state index in [0.717, 1.165) is 18.9 Å². The van der Waals surface area contributed by atoms with Crippen LogP contribution in [-0.2, 0) is 24.5 Å². The van der Waals surface area contributed by atoms with Crippen molar-refractivity contribution in [3.8, 4) is 0 Å². The highest BCUT2D eigenvalue weighted by Crippen LogP contribution is 1.84. The maximum Gasteiger partial charge on any atom is 0.147 e. The molecule has 0 unspecified atom stereocenters. The van der Waals surface area contributed by atoms with Crippen LogP contribution in [-0.4, -0.2) is 47.1 Å². The molecule has 0 aromatic carbocycles. The molecule has 0 aliphatic heterocycles. The maximum absolute atomic E-state index is 10.2. The van der Waals surface area contributed by atoms with Crippen LogP contribution in [0.4, 0.5) is 0 Å². The second kappa shape index (κ2) is 9.77. The van der Waals surface area contributed by atoms with Gasteiger partial charge in [0.1, 0.15) is 25.5 Å².